The van der Waals surface area contributed by atoms with Gasteiger partial charge in [0.25, 0.3) is 0 Å². The number of hydrogen-bond acceptors (Lipinski definition) is 3. The maximum atomic E-state index is 10.1. The van der Waals surface area contributed by atoms with Crippen LogP contribution in [0.3, 0.4) is 0 Å². The van der Waals surface area contributed by atoms with Gasteiger partial charge in [-0.1, -0.05) is 24.3 Å². The Morgan fingerprint density at radius 3 is 2.71 bits per heavy atom. The highest BCUT2D eigenvalue weighted by molar-refractivity contribution is 5.41. The lowest BCUT2D eigenvalue weighted by Crippen LogP contribution is -2.35. The number of hydrogen-bond donors (Lipinski definition) is 1. The number of rotatable bonds is 4. The summed E-state index contributed by atoms with van der Waals surface area (Å²) in [6, 6.07) is 5.92. The zero-order chi connectivity index (χ0) is 12.1. The van der Waals surface area contributed by atoms with Gasteiger partial charge in [0.2, 0.25) is 0 Å². The normalized spacial score (nSPS) is 16.9. The van der Waals surface area contributed by atoms with E-state index < -0.39 is 0 Å². The molecule has 3 nitrogen and oxygen atoms in total. The molecule has 0 unspecified atom stereocenters. The number of allylic oxidation sites excluding steroid dienone is 1. The Morgan fingerprint density at radius 2 is 2.00 bits per heavy atom. The summed E-state index contributed by atoms with van der Waals surface area (Å²) in [5.74, 6) is 0.416. The van der Waals surface area contributed by atoms with E-state index in [0.717, 1.165) is 44.0 Å². The summed E-state index contributed by atoms with van der Waals surface area (Å²) < 4.78 is 5.31. The molecular formula is C14H19NO2. The van der Waals surface area contributed by atoms with Crippen molar-refractivity contribution in [2.24, 2.45) is 0 Å². The molecule has 1 aliphatic heterocycles. The molecule has 1 heterocycles. The van der Waals surface area contributed by atoms with Crippen LogP contribution >= 0.6 is 0 Å². The third-order valence-electron chi connectivity index (χ3n) is 3.07. The second-order valence-electron chi connectivity index (χ2n) is 4.31. The van der Waals surface area contributed by atoms with Gasteiger partial charge in [-0.2, -0.15) is 0 Å². The standard InChI is InChI=1S/C14H19NO2/c1-2-4-12-5-3-6-13(14(12)16)11-15-7-9-17-10-8-15/h2-3,5-6,16H,1,4,7-11H2. The van der Waals surface area contributed by atoms with E-state index >= 15 is 0 Å². The van der Waals surface area contributed by atoms with Gasteiger partial charge in [-0.3, -0.25) is 4.90 Å². The molecule has 1 aromatic carbocycles. The minimum atomic E-state index is 0.416. The smallest absolute Gasteiger partial charge is 0.123 e. The summed E-state index contributed by atoms with van der Waals surface area (Å²) in [4.78, 5) is 2.30. The van der Waals surface area contributed by atoms with Crippen molar-refractivity contribution in [2.45, 2.75) is 13.0 Å². The molecule has 17 heavy (non-hydrogen) atoms. The number of para-hydroxylation sites is 1. The van der Waals surface area contributed by atoms with Crippen molar-refractivity contribution in [1.29, 1.82) is 0 Å². The van der Waals surface area contributed by atoms with Crippen LogP contribution in [-0.2, 0) is 17.7 Å². The maximum Gasteiger partial charge on any atom is 0.123 e. The third-order valence-corrected chi connectivity index (χ3v) is 3.07. The van der Waals surface area contributed by atoms with Gasteiger partial charge in [-0.05, 0) is 12.0 Å². The zero-order valence-electron chi connectivity index (χ0n) is 10.1. The van der Waals surface area contributed by atoms with E-state index in [1.54, 1.807) is 0 Å². The van der Waals surface area contributed by atoms with Crippen LogP contribution < -0.4 is 0 Å². The lowest BCUT2D eigenvalue weighted by Gasteiger charge is -2.27. The van der Waals surface area contributed by atoms with Crippen molar-refractivity contribution < 1.29 is 9.84 Å². The molecule has 0 atom stereocenters. The van der Waals surface area contributed by atoms with E-state index in [4.69, 9.17) is 4.74 Å². The summed E-state index contributed by atoms with van der Waals surface area (Å²) in [5.41, 5.74) is 1.94. The second kappa shape index (κ2) is 5.84. The van der Waals surface area contributed by atoms with Crippen LogP contribution in [0, 0.1) is 0 Å². The molecule has 3 heteroatoms. The molecule has 1 aromatic rings. The highest BCUT2D eigenvalue weighted by atomic mass is 16.5. The van der Waals surface area contributed by atoms with Crippen LogP contribution in [0.2, 0.25) is 0 Å². The predicted octanol–water partition coefficient (Wildman–Crippen LogP) is 1.95. The quantitative estimate of drug-likeness (QED) is 0.807. The first-order chi connectivity index (χ1) is 8.31. The van der Waals surface area contributed by atoms with E-state index in [-0.39, 0.29) is 0 Å². The van der Waals surface area contributed by atoms with Gasteiger partial charge in [0, 0.05) is 25.2 Å². The van der Waals surface area contributed by atoms with Gasteiger partial charge in [-0.15, -0.1) is 6.58 Å². The Morgan fingerprint density at radius 1 is 1.29 bits per heavy atom. The molecule has 0 bridgehead atoms. The SMILES string of the molecule is C=CCc1cccc(CN2CCOCC2)c1O. The van der Waals surface area contributed by atoms with Crippen LogP contribution in [0.1, 0.15) is 11.1 Å². The van der Waals surface area contributed by atoms with Crippen molar-refractivity contribution in [2.75, 3.05) is 26.3 Å². The molecule has 2 rings (SSSR count). The molecule has 0 aromatic heterocycles. The molecule has 1 saturated heterocycles. The monoisotopic (exact) mass is 233 g/mol. The lowest BCUT2D eigenvalue weighted by molar-refractivity contribution is 0.0339. The van der Waals surface area contributed by atoms with E-state index in [0.29, 0.717) is 12.2 Å². The first kappa shape index (κ1) is 12.1. The first-order valence-corrected chi connectivity index (χ1v) is 6.02. The number of phenols is 1. The van der Waals surface area contributed by atoms with Crippen molar-refractivity contribution in [3.63, 3.8) is 0 Å². The average Bonchev–Trinajstić information content (AvgIpc) is 2.36. The summed E-state index contributed by atoms with van der Waals surface area (Å²) in [6.07, 6.45) is 2.52. The molecule has 0 radical (unpaired) electrons. The second-order valence-corrected chi connectivity index (χ2v) is 4.31. The summed E-state index contributed by atoms with van der Waals surface area (Å²) in [5, 5.41) is 10.1. The molecule has 1 aliphatic rings. The Labute approximate surface area is 102 Å². The fourth-order valence-corrected chi connectivity index (χ4v) is 2.09. The fraction of sp³-hybridized carbons (Fsp3) is 0.429. The number of nitrogens with zero attached hydrogens (tertiary/aromatic N) is 1. The van der Waals surface area contributed by atoms with Gasteiger partial charge in [0.1, 0.15) is 5.75 Å². The highest BCUT2D eigenvalue weighted by Gasteiger charge is 2.13. The van der Waals surface area contributed by atoms with Gasteiger partial charge >= 0.3 is 0 Å². The largest absolute Gasteiger partial charge is 0.507 e. The van der Waals surface area contributed by atoms with E-state index in [9.17, 15) is 5.11 Å². The van der Waals surface area contributed by atoms with Crippen molar-refractivity contribution in [1.82, 2.24) is 4.90 Å². The van der Waals surface area contributed by atoms with Crippen LogP contribution in [-0.4, -0.2) is 36.3 Å². The van der Waals surface area contributed by atoms with E-state index in [2.05, 4.69) is 11.5 Å². The maximum absolute atomic E-state index is 10.1. The Hall–Kier alpha value is -1.32. The molecule has 0 aliphatic carbocycles. The molecule has 0 amide bonds. The van der Waals surface area contributed by atoms with Gasteiger partial charge in [0.05, 0.1) is 13.2 Å². The Kier molecular flexibility index (Phi) is 4.18. The third kappa shape index (κ3) is 3.08. The van der Waals surface area contributed by atoms with E-state index in [1.807, 2.05) is 24.3 Å². The molecular weight excluding hydrogens is 214 g/mol. The average molecular weight is 233 g/mol. The van der Waals surface area contributed by atoms with Crippen LogP contribution in [0.4, 0.5) is 0 Å². The molecule has 1 N–H and O–H groups in total. The van der Waals surface area contributed by atoms with Gasteiger partial charge < -0.3 is 9.84 Å². The van der Waals surface area contributed by atoms with Crippen molar-refractivity contribution in [3.8, 4) is 5.75 Å². The van der Waals surface area contributed by atoms with Gasteiger partial charge in [0.15, 0.2) is 0 Å². The molecule has 0 saturated carbocycles. The predicted molar refractivity (Wildman–Crippen MR) is 68.1 cm³/mol. The number of morpholine rings is 1. The Bertz CT molecular complexity index is 384. The molecule has 0 spiro atoms. The molecule has 1 fully saturated rings. The number of aromatic hydroxyl groups is 1. The summed E-state index contributed by atoms with van der Waals surface area (Å²) >= 11 is 0. The minimum absolute atomic E-state index is 0.416. The van der Waals surface area contributed by atoms with Crippen LogP contribution in [0.5, 0.6) is 5.75 Å². The zero-order valence-corrected chi connectivity index (χ0v) is 10.1. The lowest BCUT2D eigenvalue weighted by atomic mass is 10.1. The number of benzene rings is 1. The fourth-order valence-electron chi connectivity index (χ4n) is 2.09. The van der Waals surface area contributed by atoms with Crippen molar-refractivity contribution in [3.05, 3.63) is 42.0 Å². The summed E-state index contributed by atoms with van der Waals surface area (Å²) in [6.45, 7) is 7.94. The minimum Gasteiger partial charge on any atom is -0.507 e. The van der Waals surface area contributed by atoms with Crippen LogP contribution in [0.15, 0.2) is 30.9 Å². The highest BCUT2D eigenvalue weighted by Crippen LogP contribution is 2.24. The number of phenolic OH excluding ortho intramolecular Hbond substituents is 1. The Balaban J connectivity index is 2.09. The topological polar surface area (TPSA) is 32.7 Å². The summed E-state index contributed by atoms with van der Waals surface area (Å²) in [7, 11) is 0. The van der Waals surface area contributed by atoms with Gasteiger partial charge in [-0.25, -0.2) is 0 Å². The van der Waals surface area contributed by atoms with Crippen LogP contribution in [0.25, 0.3) is 0 Å². The number of ether oxygens (including phenoxy) is 1. The van der Waals surface area contributed by atoms with E-state index in [1.165, 1.54) is 0 Å². The van der Waals surface area contributed by atoms with Crippen molar-refractivity contribution >= 4 is 0 Å². The first-order valence-electron chi connectivity index (χ1n) is 6.02. The molecule has 92 valence electrons.